The van der Waals surface area contributed by atoms with E-state index in [-0.39, 0.29) is 17.9 Å². The lowest BCUT2D eigenvalue weighted by Crippen LogP contribution is -2.39. The summed E-state index contributed by atoms with van der Waals surface area (Å²) in [5.74, 6) is 0.688. The number of hydrogen-bond acceptors (Lipinski definition) is 5. The second-order valence-electron chi connectivity index (χ2n) is 6.00. The number of nitrogens with zero attached hydrogens (tertiary/aromatic N) is 5. The topological polar surface area (TPSA) is 73.1 Å². The molecule has 0 radical (unpaired) electrons. The summed E-state index contributed by atoms with van der Waals surface area (Å²) in [4.78, 5) is 27.4. The van der Waals surface area contributed by atoms with E-state index in [1.165, 1.54) is 0 Å². The van der Waals surface area contributed by atoms with Gasteiger partial charge in [0.05, 0.1) is 24.4 Å². The van der Waals surface area contributed by atoms with Gasteiger partial charge in [0.25, 0.3) is 0 Å². The summed E-state index contributed by atoms with van der Waals surface area (Å²) in [6.45, 7) is 3.98. The number of carbonyl (C=O) groups excluding carboxylic acids is 1. The molecule has 2 atom stereocenters. The molecule has 1 saturated heterocycles. The summed E-state index contributed by atoms with van der Waals surface area (Å²) in [6, 6.07) is 0. The predicted molar refractivity (Wildman–Crippen MR) is 87.8 cm³/mol. The van der Waals surface area contributed by atoms with Crippen molar-refractivity contribution in [1.82, 2.24) is 24.4 Å². The van der Waals surface area contributed by atoms with Gasteiger partial charge in [-0.2, -0.15) is 0 Å². The van der Waals surface area contributed by atoms with Crippen LogP contribution in [-0.2, 0) is 22.6 Å². The predicted octanol–water partition coefficient (Wildman–Crippen LogP) is 1.82. The maximum absolute atomic E-state index is 13.0. The minimum absolute atomic E-state index is 0.0657. The Kier molecular flexibility index (Phi) is 5.20. The van der Waals surface area contributed by atoms with E-state index in [0.29, 0.717) is 13.2 Å². The second kappa shape index (κ2) is 7.53. The van der Waals surface area contributed by atoms with Crippen molar-refractivity contribution in [2.45, 2.75) is 39.0 Å². The quantitative estimate of drug-likeness (QED) is 0.836. The zero-order valence-electron chi connectivity index (χ0n) is 14.1. The molecule has 1 aliphatic rings. The van der Waals surface area contributed by atoms with Crippen molar-refractivity contribution in [1.29, 1.82) is 0 Å². The van der Waals surface area contributed by atoms with Crippen molar-refractivity contribution in [3.63, 3.8) is 0 Å². The summed E-state index contributed by atoms with van der Waals surface area (Å²) in [6.07, 6.45) is 10.1. The van der Waals surface area contributed by atoms with E-state index in [4.69, 9.17) is 4.74 Å². The molecule has 3 heterocycles. The van der Waals surface area contributed by atoms with Gasteiger partial charge >= 0.3 is 0 Å². The zero-order valence-corrected chi connectivity index (χ0v) is 14.1. The summed E-state index contributed by atoms with van der Waals surface area (Å²) in [5.41, 5.74) is 0.775. The van der Waals surface area contributed by atoms with E-state index in [1.54, 1.807) is 36.7 Å². The van der Waals surface area contributed by atoms with Crippen LogP contribution in [0.4, 0.5) is 0 Å². The SMILES string of the molecule is CCn1ccnc1[C@@H]1OCCC[C@H]1C(=O)N(C)Cc1cnccn1. The van der Waals surface area contributed by atoms with Crippen molar-refractivity contribution in [2.75, 3.05) is 13.7 Å². The van der Waals surface area contributed by atoms with Crippen LogP contribution in [0, 0.1) is 5.92 Å². The second-order valence-corrected chi connectivity index (χ2v) is 6.00. The molecule has 0 unspecified atom stereocenters. The van der Waals surface area contributed by atoms with E-state index < -0.39 is 0 Å². The van der Waals surface area contributed by atoms with Crippen molar-refractivity contribution < 1.29 is 9.53 Å². The zero-order chi connectivity index (χ0) is 16.9. The largest absolute Gasteiger partial charge is 0.369 e. The molecule has 0 aromatic carbocycles. The van der Waals surface area contributed by atoms with Gasteiger partial charge in [-0.15, -0.1) is 0 Å². The van der Waals surface area contributed by atoms with Crippen molar-refractivity contribution in [3.8, 4) is 0 Å². The highest BCUT2D eigenvalue weighted by Crippen LogP contribution is 2.34. The van der Waals surface area contributed by atoms with E-state index in [2.05, 4.69) is 21.9 Å². The summed E-state index contributed by atoms with van der Waals surface area (Å²) in [7, 11) is 1.80. The first-order chi connectivity index (χ1) is 11.7. The number of aryl methyl sites for hydroxylation is 1. The molecule has 1 amide bonds. The first kappa shape index (κ1) is 16.6. The third-order valence-corrected chi connectivity index (χ3v) is 4.37. The fourth-order valence-corrected chi connectivity index (χ4v) is 3.15. The molecule has 7 nitrogen and oxygen atoms in total. The smallest absolute Gasteiger partial charge is 0.228 e. The standard InChI is InChI=1S/C17H23N5O2/c1-3-22-9-8-20-16(22)15-14(5-4-10-24-15)17(23)21(2)12-13-11-18-6-7-19-13/h6-9,11,14-15H,3-5,10,12H2,1-2H3/t14-,15-/m1/s1. The van der Waals surface area contributed by atoms with Gasteiger partial charge in [-0.05, 0) is 19.8 Å². The van der Waals surface area contributed by atoms with Crippen LogP contribution in [0.5, 0.6) is 0 Å². The monoisotopic (exact) mass is 329 g/mol. The Morgan fingerprint density at radius 1 is 1.38 bits per heavy atom. The van der Waals surface area contributed by atoms with Crippen molar-refractivity contribution >= 4 is 5.91 Å². The van der Waals surface area contributed by atoms with Gasteiger partial charge in [0.2, 0.25) is 5.91 Å². The van der Waals surface area contributed by atoms with Crippen molar-refractivity contribution in [3.05, 3.63) is 42.5 Å². The van der Waals surface area contributed by atoms with Crippen LogP contribution >= 0.6 is 0 Å². The molecule has 0 aliphatic carbocycles. The number of amides is 1. The first-order valence-electron chi connectivity index (χ1n) is 8.33. The Hall–Kier alpha value is -2.28. The molecule has 7 heteroatoms. The highest BCUT2D eigenvalue weighted by Gasteiger charge is 2.37. The number of rotatable bonds is 5. The summed E-state index contributed by atoms with van der Waals surface area (Å²) in [5, 5.41) is 0. The van der Waals surface area contributed by atoms with Gasteiger partial charge in [-0.1, -0.05) is 0 Å². The summed E-state index contributed by atoms with van der Waals surface area (Å²) < 4.78 is 7.98. The molecule has 0 N–H and O–H groups in total. The maximum Gasteiger partial charge on any atom is 0.228 e. The van der Waals surface area contributed by atoms with Gasteiger partial charge in [0, 0.05) is 45.0 Å². The fourth-order valence-electron chi connectivity index (χ4n) is 3.15. The van der Waals surface area contributed by atoms with E-state index in [0.717, 1.165) is 30.9 Å². The minimum Gasteiger partial charge on any atom is -0.369 e. The highest BCUT2D eigenvalue weighted by atomic mass is 16.5. The molecule has 2 aromatic rings. The lowest BCUT2D eigenvalue weighted by Gasteiger charge is -2.33. The Morgan fingerprint density at radius 2 is 2.25 bits per heavy atom. The number of aromatic nitrogens is 4. The minimum atomic E-state index is -0.287. The third kappa shape index (κ3) is 3.46. The Balaban J connectivity index is 1.76. The van der Waals surface area contributed by atoms with E-state index in [1.807, 2.05) is 10.8 Å². The molecule has 0 spiro atoms. The molecule has 3 rings (SSSR count). The summed E-state index contributed by atoms with van der Waals surface area (Å²) >= 11 is 0. The van der Waals surface area contributed by atoms with E-state index >= 15 is 0 Å². The molecule has 0 bridgehead atoms. The molecule has 24 heavy (non-hydrogen) atoms. The Bertz CT molecular complexity index is 673. The van der Waals surface area contributed by atoms with Gasteiger partial charge in [0.15, 0.2) is 0 Å². The molecular weight excluding hydrogens is 306 g/mol. The van der Waals surface area contributed by atoms with Gasteiger partial charge in [-0.25, -0.2) is 4.98 Å². The van der Waals surface area contributed by atoms with Crippen LogP contribution in [0.3, 0.4) is 0 Å². The maximum atomic E-state index is 13.0. The van der Waals surface area contributed by atoms with Crippen LogP contribution in [0.15, 0.2) is 31.0 Å². The molecule has 1 fully saturated rings. The molecule has 128 valence electrons. The number of hydrogen-bond donors (Lipinski definition) is 0. The van der Waals surface area contributed by atoms with Gasteiger partial charge in [-0.3, -0.25) is 14.8 Å². The lowest BCUT2D eigenvalue weighted by molar-refractivity contribution is -0.145. The number of carbonyl (C=O) groups is 1. The normalized spacial score (nSPS) is 20.8. The van der Waals surface area contributed by atoms with Crippen LogP contribution < -0.4 is 0 Å². The van der Waals surface area contributed by atoms with Gasteiger partial charge in [0.1, 0.15) is 11.9 Å². The van der Waals surface area contributed by atoms with Crippen LogP contribution in [0.25, 0.3) is 0 Å². The highest BCUT2D eigenvalue weighted by molar-refractivity contribution is 5.79. The van der Waals surface area contributed by atoms with Gasteiger partial charge < -0.3 is 14.2 Å². The van der Waals surface area contributed by atoms with Crippen LogP contribution in [0.1, 0.15) is 37.4 Å². The number of ether oxygens (including phenoxy) is 1. The Morgan fingerprint density at radius 3 is 3.00 bits per heavy atom. The number of imidazole rings is 1. The lowest BCUT2D eigenvalue weighted by atomic mass is 9.92. The first-order valence-corrected chi connectivity index (χ1v) is 8.33. The Labute approximate surface area is 141 Å². The molecular formula is C17H23N5O2. The van der Waals surface area contributed by atoms with Crippen LogP contribution in [0.2, 0.25) is 0 Å². The average Bonchev–Trinajstić information content (AvgIpc) is 3.10. The molecule has 1 aliphatic heterocycles. The molecule has 0 saturated carbocycles. The average molecular weight is 329 g/mol. The van der Waals surface area contributed by atoms with E-state index in [9.17, 15) is 4.79 Å². The van der Waals surface area contributed by atoms with Crippen LogP contribution in [-0.4, -0.2) is 44.0 Å². The third-order valence-electron chi connectivity index (χ3n) is 4.37. The molecule has 2 aromatic heterocycles. The fraction of sp³-hybridized carbons (Fsp3) is 0.529. The van der Waals surface area contributed by atoms with Crippen molar-refractivity contribution in [2.24, 2.45) is 5.92 Å².